The van der Waals surface area contributed by atoms with Gasteiger partial charge >= 0.3 is 0 Å². The van der Waals surface area contributed by atoms with Crippen molar-refractivity contribution in [3.63, 3.8) is 0 Å². The lowest BCUT2D eigenvalue weighted by Gasteiger charge is -2.32. The van der Waals surface area contributed by atoms with E-state index in [1.54, 1.807) is 31.5 Å². The number of halogens is 1. The van der Waals surface area contributed by atoms with Gasteiger partial charge in [0.05, 0.1) is 13.4 Å². The summed E-state index contributed by atoms with van der Waals surface area (Å²) >= 11 is 6.19. The van der Waals surface area contributed by atoms with E-state index >= 15 is 0 Å². The van der Waals surface area contributed by atoms with Gasteiger partial charge in [0.25, 0.3) is 5.91 Å². The lowest BCUT2D eigenvalue weighted by atomic mass is 10.0. The number of hydrogen-bond acceptors (Lipinski definition) is 4. The predicted octanol–water partition coefficient (Wildman–Crippen LogP) is 4.60. The predicted molar refractivity (Wildman–Crippen MR) is 115 cm³/mol. The summed E-state index contributed by atoms with van der Waals surface area (Å²) in [5, 5.41) is 0.655. The van der Waals surface area contributed by atoms with Crippen molar-refractivity contribution in [3.8, 4) is 11.5 Å². The third-order valence-electron chi connectivity index (χ3n) is 5.45. The summed E-state index contributed by atoms with van der Waals surface area (Å²) in [6.07, 6.45) is 7.44. The minimum Gasteiger partial charge on any atom is -0.493 e. The van der Waals surface area contributed by atoms with E-state index in [-0.39, 0.29) is 5.91 Å². The van der Waals surface area contributed by atoms with Crippen LogP contribution >= 0.6 is 11.6 Å². The van der Waals surface area contributed by atoms with Crippen LogP contribution in [0.5, 0.6) is 11.5 Å². The Bertz CT molecular complexity index is 999. The van der Waals surface area contributed by atoms with Crippen molar-refractivity contribution in [2.75, 3.05) is 20.2 Å². The minimum atomic E-state index is 0.00929. The van der Waals surface area contributed by atoms with Crippen LogP contribution in [0.25, 0.3) is 0 Å². The highest BCUT2D eigenvalue weighted by atomic mass is 35.5. The van der Waals surface area contributed by atoms with Crippen molar-refractivity contribution in [2.24, 2.45) is 0 Å². The van der Waals surface area contributed by atoms with Gasteiger partial charge in [0.2, 0.25) is 0 Å². The molecule has 0 unspecified atom stereocenters. The van der Waals surface area contributed by atoms with Crippen LogP contribution in [0.4, 0.5) is 0 Å². The zero-order valence-electron chi connectivity index (χ0n) is 16.8. The average Bonchev–Trinajstić information content (AvgIpc) is 3.33. The number of rotatable bonds is 6. The Balaban J connectivity index is 1.41. The monoisotopic (exact) mass is 425 g/mol. The largest absolute Gasteiger partial charge is 0.493 e. The van der Waals surface area contributed by atoms with Gasteiger partial charge in [0.1, 0.15) is 6.61 Å². The lowest BCUT2D eigenvalue weighted by molar-refractivity contribution is 0.0694. The van der Waals surface area contributed by atoms with Gasteiger partial charge in [0, 0.05) is 47.7 Å². The molecule has 0 N–H and O–H groups in total. The normalized spacial score (nSPS) is 14.5. The molecule has 0 bridgehead atoms. The average molecular weight is 426 g/mol. The summed E-state index contributed by atoms with van der Waals surface area (Å²) in [7, 11) is 1.57. The fraction of sp³-hybridized carbons (Fsp3) is 0.304. The molecule has 0 spiro atoms. The van der Waals surface area contributed by atoms with Crippen LogP contribution in [0.15, 0.2) is 61.2 Å². The van der Waals surface area contributed by atoms with Gasteiger partial charge in [-0.25, -0.2) is 4.98 Å². The molecule has 2 aromatic carbocycles. The molecule has 0 atom stereocenters. The number of benzene rings is 2. The molecule has 1 aliphatic rings. The first-order chi connectivity index (χ1) is 14.7. The third kappa shape index (κ3) is 4.44. The highest BCUT2D eigenvalue weighted by molar-refractivity contribution is 6.31. The van der Waals surface area contributed by atoms with E-state index in [0.29, 0.717) is 34.7 Å². The van der Waals surface area contributed by atoms with Crippen molar-refractivity contribution in [1.29, 1.82) is 0 Å². The lowest BCUT2D eigenvalue weighted by Crippen LogP contribution is -2.38. The molecular weight excluding hydrogens is 402 g/mol. The van der Waals surface area contributed by atoms with Gasteiger partial charge in [-0.2, -0.15) is 0 Å². The summed E-state index contributed by atoms with van der Waals surface area (Å²) in [6.45, 7) is 1.76. The summed E-state index contributed by atoms with van der Waals surface area (Å²) < 4.78 is 13.5. The van der Waals surface area contributed by atoms with Gasteiger partial charge in [-0.3, -0.25) is 4.79 Å². The minimum absolute atomic E-state index is 0.00929. The highest BCUT2D eigenvalue weighted by Crippen LogP contribution is 2.31. The number of piperidine rings is 1. The number of ether oxygens (including phenoxy) is 2. The topological polar surface area (TPSA) is 56.6 Å². The molecule has 1 saturated heterocycles. The van der Waals surface area contributed by atoms with E-state index in [2.05, 4.69) is 9.55 Å². The van der Waals surface area contributed by atoms with Gasteiger partial charge < -0.3 is 18.9 Å². The Hall–Kier alpha value is -2.99. The van der Waals surface area contributed by atoms with Crippen molar-refractivity contribution in [1.82, 2.24) is 14.5 Å². The Labute approximate surface area is 181 Å². The molecule has 156 valence electrons. The van der Waals surface area contributed by atoms with Gasteiger partial charge in [-0.1, -0.05) is 29.8 Å². The summed E-state index contributed by atoms with van der Waals surface area (Å²) in [6, 6.07) is 13.2. The second-order valence-electron chi connectivity index (χ2n) is 7.28. The number of methoxy groups -OCH3 is 1. The quantitative estimate of drug-likeness (QED) is 0.579. The van der Waals surface area contributed by atoms with E-state index in [4.69, 9.17) is 21.1 Å². The van der Waals surface area contributed by atoms with Crippen molar-refractivity contribution in [3.05, 3.63) is 77.3 Å². The fourth-order valence-electron chi connectivity index (χ4n) is 3.73. The number of imidazole rings is 1. The van der Waals surface area contributed by atoms with E-state index in [1.807, 2.05) is 41.7 Å². The molecule has 1 fully saturated rings. The van der Waals surface area contributed by atoms with E-state index in [0.717, 1.165) is 31.5 Å². The first-order valence-electron chi connectivity index (χ1n) is 9.96. The van der Waals surface area contributed by atoms with Gasteiger partial charge in [0.15, 0.2) is 11.5 Å². The number of amides is 1. The Morgan fingerprint density at radius 3 is 2.67 bits per heavy atom. The highest BCUT2D eigenvalue weighted by Gasteiger charge is 2.25. The molecule has 1 aromatic heterocycles. The molecular formula is C23H24ClN3O3. The summed E-state index contributed by atoms with van der Waals surface area (Å²) in [5.41, 5.74) is 1.49. The van der Waals surface area contributed by atoms with E-state index < -0.39 is 0 Å². The number of nitrogens with zero attached hydrogens (tertiary/aromatic N) is 3. The standard InChI is InChI=1S/C23H24ClN3O3/c1-29-22-14-17(6-7-21(22)30-15-18-4-2-3-5-20(18)24)23(28)26-11-8-19(9-12-26)27-13-10-25-16-27/h2-7,10,13-14,16,19H,8-9,11-12,15H2,1H3. The van der Waals surface area contributed by atoms with Gasteiger partial charge in [-0.15, -0.1) is 0 Å². The first-order valence-corrected chi connectivity index (χ1v) is 10.3. The van der Waals surface area contributed by atoms with Crippen molar-refractivity contribution in [2.45, 2.75) is 25.5 Å². The zero-order valence-corrected chi connectivity index (χ0v) is 17.6. The van der Waals surface area contributed by atoms with Crippen LogP contribution in [0, 0.1) is 0 Å². The first kappa shape index (κ1) is 20.3. The van der Waals surface area contributed by atoms with Crippen LogP contribution < -0.4 is 9.47 Å². The molecule has 3 aromatic rings. The zero-order chi connectivity index (χ0) is 20.9. The van der Waals surface area contributed by atoms with Crippen molar-refractivity contribution < 1.29 is 14.3 Å². The smallest absolute Gasteiger partial charge is 0.253 e. The molecule has 7 heteroatoms. The maximum Gasteiger partial charge on any atom is 0.253 e. The summed E-state index contributed by atoms with van der Waals surface area (Å²) in [5.74, 6) is 1.11. The maximum absolute atomic E-state index is 13.0. The van der Waals surface area contributed by atoms with E-state index in [1.165, 1.54) is 0 Å². The van der Waals surface area contributed by atoms with Crippen LogP contribution in [-0.2, 0) is 6.61 Å². The molecule has 6 nitrogen and oxygen atoms in total. The van der Waals surface area contributed by atoms with Gasteiger partial charge in [-0.05, 0) is 37.1 Å². The second kappa shape index (κ2) is 9.22. The molecule has 0 radical (unpaired) electrons. The van der Waals surface area contributed by atoms with Crippen LogP contribution in [-0.4, -0.2) is 40.6 Å². The SMILES string of the molecule is COc1cc(C(=O)N2CCC(n3ccnc3)CC2)ccc1OCc1ccccc1Cl. The molecule has 30 heavy (non-hydrogen) atoms. The number of carbonyl (C=O) groups excluding carboxylic acids is 1. The van der Waals surface area contributed by atoms with Crippen LogP contribution in [0.2, 0.25) is 5.02 Å². The molecule has 2 heterocycles. The molecule has 0 saturated carbocycles. The molecule has 0 aliphatic carbocycles. The molecule has 4 rings (SSSR count). The van der Waals surface area contributed by atoms with Crippen molar-refractivity contribution >= 4 is 17.5 Å². The van der Waals surface area contributed by atoms with Crippen LogP contribution in [0.3, 0.4) is 0 Å². The number of likely N-dealkylation sites (tertiary alicyclic amines) is 1. The Morgan fingerprint density at radius 2 is 1.97 bits per heavy atom. The molecule has 1 aliphatic heterocycles. The third-order valence-corrected chi connectivity index (χ3v) is 5.82. The number of carbonyl (C=O) groups is 1. The maximum atomic E-state index is 13.0. The number of aromatic nitrogens is 2. The fourth-order valence-corrected chi connectivity index (χ4v) is 3.92. The second-order valence-corrected chi connectivity index (χ2v) is 7.69. The number of hydrogen-bond donors (Lipinski definition) is 0. The molecule has 1 amide bonds. The summed E-state index contributed by atoms with van der Waals surface area (Å²) in [4.78, 5) is 19.0. The Kier molecular flexibility index (Phi) is 6.23. The van der Waals surface area contributed by atoms with E-state index in [9.17, 15) is 4.79 Å². The Morgan fingerprint density at radius 1 is 1.17 bits per heavy atom. The van der Waals surface area contributed by atoms with Crippen LogP contribution in [0.1, 0.15) is 34.8 Å².